The molecular weight excluding hydrogens is 310 g/mol. The monoisotopic (exact) mass is 323 g/mol. The van der Waals surface area contributed by atoms with Crippen LogP contribution in [0.1, 0.15) is 16.7 Å². The van der Waals surface area contributed by atoms with Crippen LogP contribution in [-0.2, 0) is 6.54 Å². The van der Waals surface area contributed by atoms with Crippen molar-refractivity contribution in [2.75, 3.05) is 5.73 Å². The molecule has 0 atom stereocenters. The van der Waals surface area contributed by atoms with Gasteiger partial charge in [-0.1, -0.05) is 22.0 Å². The molecule has 0 aliphatic rings. The highest BCUT2D eigenvalue weighted by molar-refractivity contribution is 9.10. The number of benzene rings is 1. The first-order valence-electron chi connectivity index (χ1n) is 5.74. The molecule has 0 spiro atoms. The second-order valence-electron chi connectivity index (χ2n) is 4.43. The van der Waals surface area contributed by atoms with Crippen molar-refractivity contribution in [1.82, 2.24) is 9.78 Å². The van der Waals surface area contributed by atoms with Crippen molar-refractivity contribution >= 4 is 21.6 Å². The van der Waals surface area contributed by atoms with Crippen LogP contribution in [0.2, 0.25) is 0 Å². The summed E-state index contributed by atoms with van der Waals surface area (Å²) in [4.78, 5) is 23.8. The smallest absolute Gasteiger partial charge is 0.268 e. The molecule has 0 radical (unpaired) electrons. The molecule has 0 aliphatic carbocycles. The summed E-state index contributed by atoms with van der Waals surface area (Å²) in [6.45, 7) is 3.58. The molecule has 5 nitrogen and oxygen atoms in total. The van der Waals surface area contributed by atoms with Gasteiger partial charge in [-0.15, -0.1) is 0 Å². The molecule has 0 fully saturated rings. The lowest BCUT2D eigenvalue weighted by Crippen LogP contribution is -2.33. The summed E-state index contributed by atoms with van der Waals surface area (Å²) in [6.07, 6.45) is 0. The van der Waals surface area contributed by atoms with Crippen molar-refractivity contribution < 1.29 is 0 Å². The molecule has 3 N–H and O–H groups in total. The Bertz CT molecular complexity index is 747. The molecule has 19 heavy (non-hydrogen) atoms. The predicted molar refractivity (Wildman–Crippen MR) is 78.5 cm³/mol. The van der Waals surface area contributed by atoms with Crippen LogP contribution >= 0.6 is 15.9 Å². The number of hydrogen-bond donors (Lipinski definition) is 2. The van der Waals surface area contributed by atoms with Gasteiger partial charge in [-0.3, -0.25) is 14.7 Å². The summed E-state index contributed by atoms with van der Waals surface area (Å²) >= 11 is 3.39. The lowest BCUT2D eigenvalue weighted by Gasteiger charge is -2.10. The van der Waals surface area contributed by atoms with E-state index in [1.807, 2.05) is 6.07 Å². The van der Waals surface area contributed by atoms with Crippen LogP contribution in [0.5, 0.6) is 0 Å². The quantitative estimate of drug-likeness (QED) is 0.823. The number of anilines is 1. The van der Waals surface area contributed by atoms with Crippen molar-refractivity contribution in [3.8, 4) is 0 Å². The van der Waals surface area contributed by atoms with Crippen molar-refractivity contribution in [1.29, 1.82) is 0 Å². The highest BCUT2D eigenvalue weighted by Crippen LogP contribution is 2.20. The fourth-order valence-electron chi connectivity index (χ4n) is 1.76. The van der Waals surface area contributed by atoms with E-state index in [0.717, 1.165) is 10.0 Å². The third-order valence-electron chi connectivity index (χ3n) is 3.11. The van der Waals surface area contributed by atoms with E-state index in [4.69, 9.17) is 5.73 Å². The molecule has 0 saturated carbocycles. The fraction of sp³-hybridized carbons (Fsp3) is 0.231. The maximum absolute atomic E-state index is 12.1. The van der Waals surface area contributed by atoms with E-state index in [9.17, 15) is 9.59 Å². The third kappa shape index (κ3) is 2.63. The van der Waals surface area contributed by atoms with Gasteiger partial charge in [0, 0.05) is 21.3 Å². The lowest BCUT2D eigenvalue weighted by atomic mass is 10.2. The van der Waals surface area contributed by atoms with Gasteiger partial charge in [-0.05, 0) is 31.5 Å². The zero-order chi connectivity index (χ0) is 14.2. The molecule has 100 valence electrons. The van der Waals surface area contributed by atoms with Gasteiger partial charge in [-0.2, -0.15) is 0 Å². The SMILES string of the molecule is Cc1c(C)c(=O)n(Cc2ccc(N)cc2Br)[nH]c1=O. The Morgan fingerprint density at radius 1 is 1.26 bits per heavy atom. The molecule has 1 aromatic carbocycles. The van der Waals surface area contributed by atoms with E-state index >= 15 is 0 Å². The second kappa shape index (κ2) is 5.05. The number of nitrogens with zero attached hydrogens (tertiary/aromatic N) is 1. The average Bonchev–Trinajstić information content (AvgIpc) is 2.36. The predicted octanol–water partition coefficient (Wildman–Crippen LogP) is 1.55. The minimum atomic E-state index is -0.247. The van der Waals surface area contributed by atoms with E-state index in [1.165, 1.54) is 4.68 Å². The molecule has 0 saturated heterocycles. The molecule has 1 heterocycles. The third-order valence-corrected chi connectivity index (χ3v) is 3.85. The summed E-state index contributed by atoms with van der Waals surface area (Å²) in [5.41, 5.74) is 7.65. The standard InChI is InChI=1S/C13H14BrN3O2/c1-7-8(2)13(19)17(16-12(7)18)6-9-3-4-10(15)5-11(9)14/h3-5H,6,15H2,1-2H3,(H,16,18). The Morgan fingerprint density at radius 3 is 2.58 bits per heavy atom. The number of hydrogen-bond acceptors (Lipinski definition) is 3. The van der Waals surface area contributed by atoms with Gasteiger partial charge in [0.05, 0.1) is 6.54 Å². The van der Waals surface area contributed by atoms with Crippen LogP contribution in [0.25, 0.3) is 0 Å². The van der Waals surface area contributed by atoms with Crippen molar-refractivity contribution in [3.05, 3.63) is 60.1 Å². The zero-order valence-electron chi connectivity index (χ0n) is 10.7. The topological polar surface area (TPSA) is 80.9 Å². The fourth-order valence-corrected chi connectivity index (χ4v) is 2.29. The number of nitrogen functional groups attached to an aromatic ring is 1. The first-order chi connectivity index (χ1) is 8.90. The molecule has 0 amide bonds. The number of aromatic nitrogens is 2. The molecule has 2 rings (SSSR count). The summed E-state index contributed by atoms with van der Waals surface area (Å²) in [5, 5.41) is 2.57. The highest BCUT2D eigenvalue weighted by Gasteiger charge is 2.09. The van der Waals surface area contributed by atoms with Crippen LogP contribution in [0, 0.1) is 13.8 Å². The van der Waals surface area contributed by atoms with Gasteiger partial charge in [-0.25, -0.2) is 4.68 Å². The lowest BCUT2D eigenvalue weighted by molar-refractivity contribution is 0.617. The highest BCUT2D eigenvalue weighted by atomic mass is 79.9. The van der Waals surface area contributed by atoms with Crippen molar-refractivity contribution in [2.45, 2.75) is 20.4 Å². The van der Waals surface area contributed by atoms with E-state index in [2.05, 4.69) is 21.0 Å². The number of H-pyrrole nitrogens is 1. The Balaban J connectivity index is 2.50. The molecular formula is C13H14BrN3O2. The van der Waals surface area contributed by atoms with E-state index < -0.39 is 0 Å². The molecule has 1 aromatic heterocycles. The molecule has 6 heteroatoms. The minimum Gasteiger partial charge on any atom is -0.399 e. The molecule has 0 bridgehead atoms. The first kappa shape index (κ1) is 13.6. The Kier molecular flexibility index (Phi) is 3.61. The van der Waals surface area contributed by atoms with Crippen molar-refractivity contribution in [2.24, 2.45) is 0 Å². The maximum atomic E-state index is 12.1. The van der Waals surface area contributed by atoms with Gasteiger partial charge in [0.1, 0.15) is 0 Å². The van der Waals surface area contributed by atoms with Gasteiger partial charge in [0.2, 0.25) is 0 Å². The zero-order valence-corrected chi connectivity index (χ0v) is 12.2. The number of aromatic amines is 1. The van der Waals surface area contributed by atoms with Crippen LogP contribution < -0.4 is 16.9 Å². The average molecular weight is 324 g/mol. The molecule has 0 unspecified atom stereocenters. The Labute approximate surface area is 118 Å². The normalized spacial score (nSPS) is 10.7. The second-order valence-corrected chi connectivity index (χ2v) is 5.29. The number of nitrogens with one attached hydrogen (secondary N) is 1. The van der Waals surface area contributed by atoms with Crippen LogP contribution in [0.3, 0.4) is 0 Å². The van der Waals surface area contributed by atoms with Crippen LogP contribution in [-0.4, -0.2) is 9.78 Å². The van der Waals surface area contributed by atoms with E-state index in [-0.39, 0.29) is 17.7 Å². The van der Waals surface area contributed by atoms with Gasteiger partial charge >= 0.3 is 0 Å². The van der Waals surface area contributed by atoms with E-state index in [0.29, 0.717) is 16.8 Å². The number of rotatable bonds is 2. The Hall–Kier alpha value is -1.82. The van der Waals surface area contributed by atoms with Crippen LogP contribution in [0.15, 0.2) is 32.3 Å². The van der Waals surface area contributed by atoms with Gasteiger partial charge in [0.25, 0.3) is 11.1 Å². The maximum Gasteiger partial charge on any atom is 0.268 e. The summed E-state index contributed by atoms with van der Waals surface area (Å²) in [5.74, 6) is 0. The Morgan fingerprint density at radius 2 is 1.95 bits per heavy atom. The molecule has 2 aromatic rings. The van der Waals surface area contributed by atoms with Gasteiger partial charge < -0.3 is 5.73 Å². The molecule has 0 aliphatic heterocycles. The minimum absolute atomic E-state index is 0.194. The van der Waals surface area contributed by atoms with Gasteiger partial charge in [0.15, 0.2) is 0 Å². The van der Waals surface area contributed by atoms with Crippen LogP contribution in [0.4, 0.5) is 5.69 Å². The summed E-state index contributed by atoms with van der Waals surface area (Å²) < 4.78 is 2.11. The van der Waals surface area contributed by atoms with E-state index in [1.54, 1.807) is 26.0 Å². The summed E-state index contributed by atoms with van der Waals surface area (Å²) in [6, 6.07) is 5.34. The largest absolute Gasteiger partial charge is 0.399 e. The number of nitrogens with two attached hydrogens (primary N) is 1. The first-order valence-corrected chi connectivity index (χ1v) is 6.53. The number of halogens is 1. The summed E-state index contributed by atoms with van der Waals surface area (Å²) in [7, 11) is 0. The van der Waals surface area contributed by atoms with Crippen molar-refractivity contribution in [3.63, 3.8) is 0 Å².